The zero-order valence-corrected chi connectivity index (χ0v) is 20.7. The lowest BCUT2D eigenvalue weighted by Crippen LogP contribution is -2.22. The number of hydrogen-bond donors (Lipinski definition) is 0. The van der Waals surface area contributed by atoms with E-state index in [1.54, 1.807) is 50.0 Å². The normalized spacial score (nSPS) is 11.4. The number of thioether (sulfide) groups is 1. The minimum absolute atomic E-state index is 0.278. The standard InChI is InChI=1S/C24H17BrN6O3S/c1-33-18-5-2-15(3-6-18)13-27-31-21(28-20-7-4-17(25)12-19(20)23(31)32)14-35-24-30-29-22(34-24)16-8-10-26-11-9-16/h2-13H,14H2,1H3/b27-13+. The molecule has 35 heavy (non-hydrogen) atoms. The number of pyridine rings is 1. The summed E-state index contributed by atoms with van der Waals surface area (Å²) in [6.45, 7) is 0. The molecule has 0 saturated carbocycles. The molecule has 3 heterocycles. The highest BCUT2D eigenvalue weighted by Gasteiger charge is 2.14. The average molecular weight is 549 g/mol. The van der Waals surface area contributed by atoms with Crippen molar-refractivity contribution in [1.29, 1.82) is 0 Å². The van der Waals surface area contributed by atoms with E-state index in [1.165, 1.54) is 16.4 Å². The Kier molecular flexibility index (Phi) is 6.68. The van der Waals surface area contributed by atoms with Gasteiger partial charge >= 0.3 is 0 Å². The molecule has 11 heteroatoms. The van der Waals surface area contributed by atoms with Crippen molar-refractivity contribution in [2.45, 2.75) is 11.0 Å². The van der Waals surface area contributed by atoms with Crippen molar-refractivity contribution in [3.63, 3.8) is 0 Å². The number of methoxy groups -OCH3 is 1. The fourth-order valence-electron chi connectivity index (χ4n) is 3.23. The van der Waals surface area contributed by atoms with E-state index in [0.29, 0.717) is 33.6 Å². The van der Waals surface area contributed by atoms with Crippen molar-refractivity contribution in [3.8, 4) is 17.2 Å². The molecular weight excluding hydrogens is 532 g/mol. The summed E-state index contributed by atoms with van der Waals surface area (Å²) >= 11 is 4.69. The minimum Gasteiger partial charge on any atom is -0.497 e. The van der Waals surface area contributed by atoms with Crippen molar-refractivity contribution in [2.24, 2.45) is 5.10 Å². The maximum absolute atomic E-state index is 13.3. The summed E-state index contributed by atoms with van der Waals surface area (Å²) in [6, 6.07) is 16.3. The molecule has 0 bridgehead atoms. The first kappa shape index (κ1) is 22.9. The number of rotatable bonds is 7. The molecule has 0 fully saturated rings. The molecule has 0 saturated heterocycles. The second-order valence-electron chi connectivity index (χ2n) is 7.22. The predicted octanol–water partition coefficient (Wildman–Crippen LogP) is 4.79. The van der Waals surface area contributed by atoms with Gasteiger partial charge in [0.2, 0.25) is 5.89 Å². The highest BCUT2D eigenvalue weighted by Crippen LogP contribution is 2.25. The first-order valence-corrected chi connectivity index (χ1v) is 12.1. The van der Waals surface area contributed by atoms with Crippen LogP contribution in [0.2, 0.25) is 0 Å². The van der Waals surface area contributed by atoms with Crippen LogP contribution in [0.1, 0.15) is 11.4 Å². The quantitative estimate of drug-likeness (QED) is 0.211. The molecule has 3 aromatic heterocycles. The van der Waals surface area contributed by atoms with Crippen LogP contribution in [0.4, 0.5) is 0 Å². The molecule has 0 unspecified atom stereocenters. The Hall–Kier alpha value is -3.83. The van der Waals surface area contributed by atoms with Crippen LogP contribution in [0, 0.1) is 0 Å². The summed E-state index contributed by atoms with van der Waals surface area (Å²) < 4.78 is 13.0. The van der Waals surface area contributed by atoms with Crippen LogP contribution < -0.4 is 10.3 Å². The maximum atomic E-state index is 13.3. The molecule has 9 nitrogen and oxygen atoms in total. The Morgan fingerprint density at radius 3 is 2.69 bits per heavy atom. The van der Waals surface area contributed by atoms with Crippen molar-refractivity contribution in [2.75, 3.05) is 7.11 Å². The monoisotopic (exact) mass is 548 g/mol. The number of halogens is 1. The first-order chi connectivity index (χ1) is 17.1. The van der Waals surface area contributed by atoms with Crippen molar-refractivity contribution >= 4 is 44.8 Å². The van der Waals surface area contributed by atoms with E-state index < -0.39 is 0 Å². The number of ether oxygens (including phenoxy) is 1. The molecule has 5 rings (SSSR count). The number of hydrogen-bond acceptors (Lipinski definition) is 9. The number of benzene rings is 2. The summed E-state index contributed by atoms with van der Waals surface area (Å²) in [6.07, 6.45) is 4.92. The maximum Gasteiger partial charge on any atom is 0.282 e. The molecule has 0 N–H and O–H groups in total. The Balaban J connectivity index is 1.47. The number of nitrogens with zero attached hydrogens (tertiary/aromatic N) is 6. The average Bonchev–Trinajstić information content (AvgIpc) is 3.37. The highest BCUT2D eigenvalue weighted by molar-refractivity contribution is 9.10. The van der Waals surface area contributed by atoms with Crippen molar-refractivity contribution in [1.82, 2.24) is 24.8 Å². The Labute approximate surface area is 212 Å². The molecule has 0 aliphatic heterocycles. The van der Waals surface area contributed by atoms with E-state index in [2.05, 4.69) is 41.2 Å². The molecule has 0 atom stereocenters. The van der Waals surface area contributed by atoms with Crippen LogP contribution in [0.5, 0.6) is 5.75 Å². The number of aromatic nitrogens is 5. The lowest BCUT2D eigenvalue weighted by molar-refractivity contribution is 0.415. The molecule has 0 amide bonds. The third kappa shape index (κ3) is 5.15. The molecule has 0 radical (unpaired) electrons. The van der Waals surface area contributed by atoms with Gasteiger partial charge in [0.25, 0.3) is 10.8 Å². The van der Waals surface area contributed by atoms with E-state index in [9.17, 15) is 4.79 Å². The highest BCUT2D eigenvalue weighted by atomic mass is 79.9. The zero-order chi connectivity index (χ0) is 24.2. The first-order valence-electron chi connectivity index (χ1n) is 10.4. The molecule has 0 spiro atoms. The largest absolute Gasteiger partial charge is 0.497 e. The van der Waals surface area contributed by atoms with Crippen LogP contribution in [0.25, 0.3) is 22.4 Å². The van der Waals surface area contributed by atoms with E-state index in [-0.39, 0.29) is 5.56 Å². The Morgan fingerprint density at radius 2 is 1.91 bits per heavy atom. The molecule has 2 aromatic carbocycles. The van der Waals surface area contributed by atoms with Gasteiger partial charge in [0.15, 0.2) is 0 Å². The number of fused-ring (bicyclic) bond motifs is 1. The summed E-state index contributed by atoms with van der Waals surface area (Å²) in [5.41, 5.74) is 1.88. The topological polar surface area (TPSA) is 108 Å². The second kappa shape index (κ2) is 10.2. The van der Waals surface area contributed by atoms with Gasteiger partial charge in [0.05, 0.1) is 30.0 Å². The lowest BCUT2D eigenvalue weighted by atomic mass is 10.2. The lowest BCUT2D eigenvalue weighted by Gasteiger charge is -2.08. The van der Waals surface area contributed by atoms with Crippen LogP contribution in [-0.2, 0) is 5.75 Å². The summed E-state index contributed by atoms with van der Waals surface area (Å²) in [7, 11) is 1.61. The third-order valence-electron chi connectivity index (χ3n) is 4.97. The smallest absolute Gasteiger partial charge is 0.282 e. The zero-order valence-electron chi connectivity index (χ0n) is 18.3. The second-order valence-corrected chi connectivity index (χ2v) is 9.06. The van der Waals surface area contributed by atoms with Crippen LogP contribution in [0.3, 0.4) is 0 Å². The molecule has 5 aromatic rings. The van der Waals surface area contributed by atoms with Crippen molar-refractivity contribution in [3.05, 3.63) is 93.2 Å². The summed E-state index contributed by atoms with van der Waals surface area (Å²) in [4.78, 5) is 22.0. The van der Waals surface area contributed by atoms with Gasteiger partial charge in [-0.25, -0.2) is 4.98 Å². The minimum atomic E-state index is -0.278. The fraction of sp³-hybridized carbons (Fsp3) is 0.0833. The van der Waals surface area contributed by atoms with E-state index in [0.717, 1.165) is 21.3 Å². The van der Waals surface area contributed by atoms with Gasteiger partial charge in [-0.2, -0.15) is 9.78 Å². The Bertz CT molecular complexity index is 1570. The predicted molar refractivity (Wildman–Crippen MR) is 137 cm³/mol. The SMILES string of the molecule is COc1ccc(/C=N/n2c(CSc3nnc(-c4ccncc4)o3)nc3ccc(Br)cc3c2=O)cc1. The fourth-order valence-corrected chi connectivity index (χ4v) is 4.26. The van der Waals surface area contributed by atoms with Gasteiger partial charge in [-0.05, 0) is 60.2 Å². The molecule has 0 aliphatic rings. The van der Waals surface area contributed by atoms with E-state index >= 15 is 0 Å². The van der Waals surface area contributed by atoms with Crippen molar-refractivity contribution < 1.29 is 9.15 Å². The molecular formula is C24H17BrN6O3S. The van der Waals surface area contributed by atoms with Gasteiger partial charge in [-0.1, -0.05) is 27.7 Å². The van der Waals surface area contributed by atoms with Crippen LogP contribution >= 0.6 is 27.7 Å². The third-order valence-corrected chi connectivity index (χ3v) is 6.28. The van der Waals surface area contributed by atoms with Gasteiger partial charge in [-0.3, -0.25) is 9.78 Å². The summed E-state index contributed by atoms with van der Waals surface area (Å²) in [5.74, 6) is 1.86. The van der Waals surface area contributed by atoms with Crippen LogP contribution in [-0.4, -0.2) is 38.2 Å². The van der Waals surface area contributed by atoms with E-state index in [1.807, 2.05) is 30.3 Å². The van der Waals surface area contributed by atoms with Crippen LogP contribution in [0.15, 0.2) is 91.0 Å². The van der Waals surface area contributed by atoms with Gasteiger partial charge in [0, 0.05) is 22.4 Å². The molecule has 174 valence electrons. The van der Waals surface area contributed by atoms with Gasteiger partial charge < -0.3 is 9.15 Å². The van der Waals surface area contributed by atoms with E-state index in [4.69, 9.17) is 9.15 Å². The summed E-state index contributed by atoms with van der Waals surface area (Å²) in [5, 5.41) is 13.4. The van der Waals surface area contributed by atoms with Gasteiger partial charge in [0.1, 0.15) is 11.6 Å². The Morgan fingerprint density at radius 1 is 1.11 bits per heavy atom. The molecule has 0 aliphatic carbocycles. The van der Waals surface area contributed by atoms with Gasteiger partial charge in [-0.15, -0.1) is 10.2 Å².